The second-order valence-electron chi connectivity index (χ2n) is 6.57. The number of hydrogen-bond acceptors (Lipinski definition) is 5. The summed E-state index contributed by atoms with van der Waals surface area (Å²) in [7, 11) is -1.24. The summed E-state index contributed by atoms with van der Waals surface area (Å²) in [5.74, 6) is 0.188. The van der Waals surface area contributed by atoms with Gasteiger partial charge in [0.1, 0.15) is 25.1 Å². The molecular formula is C19H22FN3O5S. The number of hydrogen-bond donors (Lipinski definition) is 1. The Hall–Kier alpha value is -2.85. The van der Waals surface area contributed by atoms with Crippen LogP contribution in [-0.2, 0) is 15.0 Å². The standard InChI is InChI=1S/C19H22FN3O5S/c1-22(2)29(25,26)23(15-9-7-14(20)8-10-15)12-19(24)21-11-16-13-27-17-5-3-4-6-18(17)28-16/h3-10,16H,11-13H2,1-2H3,(H,21,24)/t16-/m0/s1. The number of carbonyl (C=O) groups is 1. The lowest BCUT2D eigenvalue weighted by molar-refractivity contribution is -0.120. The van der Waals surface area contributed by atoms with E-state index >= 15 is 0 Å². The van der Waals surface area contributed by atoms with Gasteiger partial charge in [-0.25, -0.2) is 8.70 Å². The van der Waals surface area contributed by atoms with Crippen LogP contribution in [0, 0.1) is 5.82 Å². The van der Waals surface area contributed by atoms with Crippen LogP contribution in [0.15, 0.2) is 48.5 Å². The van der Waals surface area contributed by atoms with Gasteiger partial charge in [0.05, 0.1) is 12.2 Å². The molecule has 0 aromatic heterocycles. The number of ether oxygens (including phenoxy) is 2. The monoisotopic (exact) mass is 423 g/mol. The molecule has 1 aliphatic heterocycles. The lowest BCUT2D eigenvalue weighted by Crippen LogP contribution is -2.48. The predicted molar refractivity (Wildman–Crippen MR) is 106 cm³/mol. The number of amides is 1. The van der Waals surface area contributed by atoms with Gasteiger partial charge in [-0.3, -0.25) is 4.79 Å². The minimum absolute atomic E-state index is 0.145. The number of para-hydroxylation sites is 2. The van der Waals surface area contributed by atoms with E-state index in [1.165, 1.54) is 26.2 Å². The van der Waals surface area contributed by atoms with Crippen LogP contribution >= 0.6 is 0 Å². The van der Waals surface area contributed by atoms with Crippen molar-refractivity contribution in [2.75, 3.05) is 38.1 Å². The van der Waals surface area contributed by atoms with E-state index in [2.05, 4.69) is 5.32 Å². The third-order valence-corrected chi connectivity index (χ3v) is 6.06. The summed E-state index contributed by atoms with van der Waals surface area (Å²) in [4.78, 5) is 12.4. The SMILES string of the molecule is CN(C)S(=O)(=O)N(CC(=O)NC[C@H]1COc2ccccc2O1)c1ccc(F)cc1. The number of benzene rings is 2. The molecule has 0 radical (unpaired) electrons. The van der Waals surface area contributed by atoms with Gasteiger partial charge in [0, 0.05) is 14.1 Å². The molecule has 0 saturated heterocycles. The molecule has 0 unspecified atom stereocenters. The molecule has 3 rings (SSSR count). The fourth-order valence-corrected chi connectivity index (χ4v) is 3.75. The Balaban J connectivity index is 1.65. The average Bonchev–Trinajstić information content (AvgIpc) is 2.71. The zero-order valence-electron chi connectivity index (χ0n) is 16.0. The predicted octanol–water partition coefficient (Wildman–Crippen LogP) is 1.39. The van der Waals surface area contributed by atoms with E-state index in [1.807, 2.05) is 12.1 Å². The van der Waals surface area contributed by atoms with Crippen LogP contribution in [0.5, 0.6) is 11.5 Å². The van der Waals surface area contributed by atoms with Gasteiger partial charge in [-0.2, -0.15) is 12.7 Å². The van der Waals surface area contributed by atoms with Crippen LogP contribution in [0.25, 0.3) is 0 Å². The smallest absolute Gasteiger partial charge is 0.304 e. The fourth-order valence-electron chi connectivity index (χ4n) is 2.69. The van der Waals surface area contributed by atoms with Crippen LogP contribution in [0.2, 0.25) is 0 Å². The molecule has 10 heteroatoms. The molecule has 8 nitrogen and oxygen atoms in total. The first-order chi connectivity index (χ1) is 13.8. The second-order valence-corrected chi connectivity index (χ2v) is 8.64. The Kier molecular flexibility index (Phi) is 6.23. The number of fused-ring (bicyclic) bond motifs is 1. The van der Waals surface area contributed by atoms with Crippen molar-refractivity contribution in [1.82, 2.24) is 9.62 Å². The molecule has 29 heavy (non-hydrogen) atoms. The zero-order chi connectivity index (χ0) is 21.0. The van der Waals surface area contributed by atoms with Crippen molar-refractivity contribution < 1.29 is 27.1 Å². The number of halogens is 1. The maximum Gasteiger partial charge on any atom is 0.304 e. The van der Waals surface area contributed by atoms with E-state index < -0.39 is 34.6 Å². The first kappa shape index (κ1) is 20.9. The highest BCUT2D eigenvalue weighted by molar-refractivity contribution is 7.90. The molecule has 0 spiro atoms. The molecule has 1 heterocycles. The lowest BCUT2D eigenvalue weighted by atomic mass is 10.2. The molecule has 0 fully saturated rings. The Bertz CT molecular complexity index is 966. The molecule has 0 saturated carbocycles. The van der Waals surface area contributed by atoms with Gasteiger partial charge in [-0.1, -0.05) is 12.1 Å². The summed E-state index contributed by atoms with van der Waals surface area (Å²) >= 11 is 0. The molecule has 1 N–H and O–H groups in total. The van der Waals surface area contributed by atoms with Crippen molar-refractivity contribution >= 4 is 21.8 Å². The number of nitrogens with zero attached hydrogens (tertiary/aromatic N) is 2. The van der Waals surface area contributed by atoms with E-state index in [9.17, 15) is 17.6 Å². The van der Waals surface area contributed by atoms with Crippen molar-refractivity contribution in [3.05, 3.63) is 54.3 Å². The van der Waals surface area contributed by atoms with Gasteiger partial charge in [0.25, 0.3) is 0 Å². The number of carbonyl (C=O) groups excluding carboxylic acids is 1. The summed E-state index contributed by atoms with van der Waals surface area (Å²) < 4.78 is 51.7. The highest BCUT2D eigenvalue weighted by atomic mass is 32.2. The molecule has 0 bridgehead atoms. The molecule has 1 aliphatic rings. The number of rotatable bonds is 7. The average molecular weight is 423 g/mol. The van der Waals surface area contributed by atoms with Gasteiger partial charge in [-0.05, 0) is 36.4 Å². The normalized spacial score (nSPS) is 15.8. The lowest BCUT2D eigenvalue weighted by Gasteiger charge is -2.28. The first-order valence-corrected chi connectivity index (χ1v) is 10.3. The minimum atomic E-state index is -3.96. The van der Waals surface area contributed by atoms with Gasteiger partial charge in [0.2, 0.25) is 5.91 Å². The molecule has 1 amide bonds. The Morgan fingerprint density at radius 2 is 1.79 bits per heavy atom. The second kappa shape index (κ2) is 8.66. The summed E-state index contributed by atoms with van der Waals surface area (Å²) in [6, 6.07) is 12.1. The van der Waals surface area contributed by atoms with Crippen molar-refractivity contribution in [1.29, 1.82) is 0 Å². The molecule has 1 atom stereocenters. The zero-order valence-corrected chi connectivity index (χ0v) is 16.9. The Morgan fingerprint density at radius 1 is 1.14 bits per heavy atom. The van der Waals surface area contributed by atoms with Gasteiger partial charge >= 0.3 is 10.2 Å². The number of anilines is 1. The maximum atomic E-state index is 13.2. The first-order valence-electron chi connectivity index (χ1n) is 8.88. The molecular weight excluding hydrogens is 401 g/mol. The van der Waals surface area contributed by atoms with E-state index in [-0.39, 0.29) is 18.8 Å². The maximum absolute atomic E-state index is 13.2. The van der Waals surface area contributed by atoms with Crippen molar-refractivity contribution in [3.63, 3.8) is 0 Å². The highest BCUT2D eigenvalue weighted by Crippen LogP contribution is 2.30. The minimum Gasteiger partial charge on any atom is -0.486 e. The van der Waals surface area contributed by atoms with Gasteiger partial charge < -0.3 is 14.8 Å². The third-order valence-electron chi connectivity index (χ3n) is 4.24. The van der Waals surface area contributed by atoms with E-state index in [0.29, 0.717) is 11.5 Å². The Morgan fingerprint density at radius 3 is 2.45 bits per heavy atom. The summed E-state index contributed by atoms with van der Waals surface area (Å²) in [6.45, 7) is -0.0578. The molecule has 2 aromatic rings. The van der Waals surface area contributed by atoms with Gasteiger partial charge in [0.15, 0.2) is 11.5 Å². The van der Waals surface area contributed by atoms with Crippen LogP contribution in [0.3, 0.4) is 0 Å². The number of nitrogens with one attached hydrogen (secondary N) is 1. The van der Waals surface area contributed by atoms with Crippen molar-refractivity contribution in [3.8, 4) is 11.5 Å². The molecule has 156 valence electrons. The van der Waals surface area contributed by atoms with Gasteiger partial charge in [-0.15, -0.1) is 0 Å². The van der Waals surface area contributed by atoms with E-state index in [0.717, 1.165) is 20.7 Å². The largest absolute Gasteiger partial charge is 0.486 e. The quantitative estimate of drug-likeness (QED) is 0.727. The van der Waals surface area contributed by atoms with Crippen molar-refractivity contribution in [2.24, 2.45) is 0 Å². The van der Waals surface area contributed by atoms with E-state index in [4.69, 9.17) is 9.47 Å². The van der Waals surface area contributed by atoms with Crippen LogP contribution in [0.4, 0.5) is 10.1 Å². The Labute approximate surface area is 169 Å². The van der Waals surface area contributed by atoms with Crippen LogP contribution in [0.1, 0.15) is 0 Å². The topological polar surface area (TPSA) is 88.2 Å². The summed E-state index contributed by atoms with van der Waals surface area (Å²) in [6.07, 6.45) is -0.404. The summed E-state index contributed by atoms with van der Waals surface area (Å²) in [5, 5.41) is 2.66. The van der Waals surface area contributed by atoms with Crippen molar-refractivity contribution in [2.45, 2.75) is 6.10 Å². The summed E-state index contributed by atoms with van der Waals surface area (Å²) in [5.41, 5.74) is 0.182. The molecule has 2 aromatic carbocycles. The fraction of sp³-hybridized carbons (Fsp3) is 0.316. The van der Waals surface area contributed by atoms with Crippen LogP contribution < -0.4 is 19.1 Å². The van der Waals surface area contributed by atoms with Crippen LogP contribution in [-0.4, -0.2) is 58.5 Å². The highest BCUT2D eigenvalue weighted by Gasteiger charge is 2.28. The third kappa shape index (κ3) is 4.96. The van der Waals surface area contributed by atoms with E-state index in [1.54, 1.807) is 12.1 Å². The molecule has 0 aliphatic carbocycles.